The Balaban J connectivity index is 1.91. The number of hydrogen-bond acceptors (Lipinski definition) is 3. The minimum absolute atomic E-state index is 0.0429. The van der Waals surface area contributed by atoms with Gasteiger partial charge in [0.25, 0.3) is 0 Å². The minimum Gasteiger partial charge on any atom is -0.465 e. The first-order chi connectivity index (χ1) is 14.1. The van der Waals surface area contributed by atoms with Crippen LogP contribution in [0.25, 0.3) is 17.7 Å². The number of methoxy groups -OCH3 is 1. The maximum atomic E-state index is 11.6. The zero-order valence-corrected chi connectivity index (χ0v) is 18.2. The minimum atomic E-state index is -1.03. The van der Waals surface area contributed by atoms with E-state index in [1.807, 2.05) is 18.2 Å². The predicted octanol–water partition coefficient (Wildman–Crippen LogP) is 5.48. The number of allylic oxidation sites excluding steroid dienone is 2. The van der Waals surface area contributed by atoms with Crippen LogP contribution in [0.4, 0.5) is 0 Å². The highest BCUT2D eigenvalue weighted by molar-refractivity contribution is 5.89. The molecule has 0 unspecified atom stereocenters. The van der Waals surface area contributed by atoms with Gasteiger partial charge in [-0.1, -0.05) is 68.2 Å². The van der Waals surface area contributed by atoms with E-state index in [0.717, 1.165) is 28.7 Å². The Kier molecular flexibility index (Phi) is 6.01. The molecule has 0 radical (unpaired) electrons. The summed E-state index contributed by atoms with van der Waals surface area (Å²) in [4.78, 5) is 11.6. The lowest BCUT2D eigenvalue weighted by atomic mass is 9.73. The average Bonchev–Trinajstić information content (AvgIpc) is 2.70. The van der Waals surface area contributed by atoms with Crippen LogP contribution in [0.1, 0.15) is 66.7 Å². The molecule has 3 rings (SSSR count). The summed E-state index contributed by atoms with van der Waals surface area (Å²) in [6.45, 7) is 7.86. The molecule has 1 aliphatic carbocycles. The molecule has 0 aromatic heterocycles. The Morgan fingerprint density at radius 2 is 1.73 bits per heavy atom. The third-order valence-electron chi connectivity index (χ3n) is 5.18. The van der Waals surface area contributed by atoms with Gasteiger partial charge in [0, 0.05) is 5.57 Å². The monoisotopic (exact) mass is 400 g/mol. The number of carbonyl (C=O) groups excluding carboxylic acids is 1. The number of esters is 1. The SMILES string of the molecule is COC(=O)c1ccc(C=Cc2ccc3c(c2)C(C#CC(C)(C)O)=CCC3(C)C)cc1. The van der Waals surface area contributed by atoms with Crippen LogP contribution in [0.3, 0.4) is 0 Å². The molecule has 0 saturated carbocycles. The highest BCUT2D eigenvalue weighted by Crippen LogP contribution is 2.39. The van der Waals surface area contributed by atoms with Gasteiger partial charge < -0.3 is 9.84 Å². The van der Waals surface area contributed by atoms with Crippen molar-refractivity contribution in [2.75, 3.05) is 7.11 Å². The van der Waals surface area contributed by atoms with Crippen molar-refractivity contribution in [3.05, 3.63) is 76.4 Å². The molecule has 1 aliphatic rings. The number of carbonyl (C=O) groups is 1. The van der Waals surface area contributed by atoms with Gasteiger partial charge in [-0.15, -0.1) is 0 Å². The lowest BCUT2D eigenvalue weighted by Gasteiger charge is -2.31. The summed E-state index contributed by atoms with van der Waals surface area (Å²) in [6.07, 6.45) is 7.15. The van der Waals surface area contributed by atoms with Crippen LogP contribution in [-0.2, 0) is 10.2 Å². The van der Waals surface area contributed by atoms with E-state index in [1.165, 1.54) is 12.7 Å². The van der Waals surface area contributed by atoms with Crippen LogP contribution >= 0.6 is 0 Å². The van der Waals surface area contributed by atoms with Crippen LogP contribution < -0.4 is 0 Å². The van der Waals surface area contributed by atoms with Gasteiger partial charge in [-0.25, -0.2) is 4.79 Å². The van der Waals surface area contributed by atoms with Crippen molar-refractivity contribution in [1.82, 2.24) is 0 Å². The predicted molar refractivity (Wildman–Crippen MR) is 123 cm³/mol. The van der Waals surface area contributed by atoms with E-state index < -0.39 is 5.60 Å². The van der Waals surface area contributed by atoms with Crippen molar-refractivity contribution in [2.45, 2.75) is 45.1 Å². The van der Waals surface area contributed by atoms with E-state index >= 15 is 0 Å². The molecule has 0 amide bonds. The third-order valence-corrected chi connectivity index (χ3v) is 5.18. The van der Waals surface area contributed by atoms with Gasteiger partial charge >= 0.3 is 5.97 Å². The molecule has 2 aromatic carbocycles. The van der Waals surface area contributed by atoms with Gasteiger partial charge in [0.05, 0.1) is 12.7 Å². The topological polar surface area (TPSA) is 46.5 Å². The third kappa shape index (κ3) is 5.09. The number of hydrogen-bond donors (Lipinski definition) is 1. The molecule has 3 heteroatoms. The lowest BCUT2D eigenvalue weighted by molar-refractivity contribution is 0.0600. The van der Waals surface area contributed by atoms with Crippen molar-refractivity contribution in [1.29, 1.82) is 0 Å². The first-order valence-corrected chi connectivity index (χ1v) is 10.1. The summed E-state index contributed by atoms with van der Waals surface area (Å²) in [5, 5.41) is 9.99. The van der Waals surface area contributed by atoms with E-state index in [-0.39, 0.29) is 11.4 Å². The summed E-state index contributed by atoms with van der Waals surface area (Å²) < 4.78 is 4.74. The summed E-state index contributed by atoms with van der Waals surface area (Å²) in [5.41, 5.74) is 4.96. The molecule has 0 aliphatic heterocycles. The summed E-state index contributed by atoms with van der Waals surface area (Å²) >= 11 is 0. The lowest BCUT2D eigenvalue weighted by Crippen LogP contribution is -2.21. The Bertz CT molecular complexity index is 1070. The molecule has 1 N–H and O–H groups in total. The van der Waals surface area contributed by atoms with Crippen LogP contribution in [0, 0.1) is 11.8 Å². The maximum absolute atomic E-state index is 11.6. The van der Waals surface area contributed by atoms with E-state index in [0.29, 0.717) is 5.56 Å². The standard InChI is InChI=1S/C27H28O3/c1-26(2)16-14-21(15-17-27(3,4)29)23-18-20(10-13-24(23)26)7-6-19-8-11-22(12-9-19)25(28)30-5/h6-14,18,29H,16H2,1-5H3. The molecular formula is C27H28O3. The van der Waals surface area contributed by atoms with Gasteiger partial charge in [-0.05, 0) is 66.1 Å². The Morgan fingerprint density at radius 1 is 1.10 bits per heavy atom. The van der Waals surface area contributed by atoms with Crippen LogP contribution in [0.15, 0.2) is 48.5 Å². The molecule has 30 heavy (non-hydrogen) atoms. The summed E-state index contributed by atoms with van der Waals surface area (Å²) in [5.74, 6) is 5.77. The summed E-state index contributed by atoms with van der Waals surface area (Å²) in [6, 6.07) is 13.7. The summed E-state index contributed by atoms with van der Waals surface area (Å²) in [7, 11) is 1.38. The largest absolute Gasteiger partial charge is 0.465 e. The maximum Gasteiger partial charge on any atom is 0.337 e. The van der Waals surface area contributed by atoms with Crippen molar-refractivity contribution in [3.8, 4) is 11.8 Å². The average molecular weight is 401 g/mol. The van der Waals surface area contributed by atoms with E-state index in [2.05, 4.69) is 56.0 Å². The quantitative estimate of drug-likeness (QED) is 0.421. The molecule has 2 aromatic rings. The van der Waals surface area contributed by atoms with Gasteiger partial charge in [-0.2, -0.15) is 0 Å². The number of benzene rings is 2. The molecule has 0 bridgehead atoms. The van der Waals surface area contributed by atoms with Crippen LogP contribution in [-0.4, -0.2) is 23.8 Å². The molecule has 0 atom stereocenters. The number of rotatable bonds is 3. The van der Waals surface area contributed by atoms with E-state index in [1.54, 1.807) is 26.0 Å². The second-order valence-corrected chi connectivity index (χ2v) is 8.77. The number of fused-ring (bicyclic) bond motifs is 1. The Labute approximate surface area is 179 Å². The van der Waals surface area contributed by atoms with E-state index in [9.17, 15) is 9.90 Å². The highest BCUT2D eigenvalue weighted by atomic mass is 16.5. The van der Waals surface area contributed by atoms with Crippen LogP contribution in [0.5, 0.6) is 0 Å². The normalized spacial score (nSPS) is 15.1. The fraction of sp³-hybridized carbons (Fsp3) is 0.296. The van der Waals surface area contributed by atoms with E-state index in [4.69, 9.17) is 4.74 Å². The van der Waals surface area contributed by atoms with Crippen molar-refractivity contribution >= 4 is 23.7 Å². The molecule has 0 heterocycles. The van der Waals surface area contributed by atoms with Gasteiger partial charge in [0.2, 0.25) is 0 Å². The zero-order valence-electron chi connectivity index (χ0n) is 18.2. The van der Waals surface area contributed by atoms with Crippen molar-refractivity contribution < 1.29 is 14.6 Å². The molecule has 3 nitrogen and oxygen atoms in total. The fourth-order valence-electron chi connectivity index (χ4n) is 3.43. The second-order valence-electron chi connectivity index (χ2n) is 8.77. The van der Waals surface area contributed by atoms with Crippen molar-refractivity contribution in [2.24, 2.45) is 0 Å². The fourth-order valence-corrected chi connectivity index (χ4v) is 3.43. The van der Waals surface area contributed by atoms with Crippen LogP contribution in [0.2, 0.25) is 0 Å². The zero-order chi connectivity index (χ0) is 21.9. The Hall–Kier alpha value is -3.09. The number of ether oxygens (including phenoxy) is 1. The van der Waals surface area contributed by atoms with Gasteiger partial charge in [-0.3, -0.25) is 0 Å². The van der Waals surface area contributed by atoms with Gasteiger partial charge in [0.1, 0.15) is 5.60 Å². The molecule has 0 saturated heterocycles. The Morgan fingerprint density at radius 3 is 2.37 bits per heavy atom. The molecular weight excluding hydrogens is 372 g/mol. The van der Waals surface area contributed by atoms with Crippen molar-refractivity contribution in [3.63, 3.8) is 0 Å². The smallest absolute Gasteiger partial charge is 0.337 e. The number of aliphatic hydroxyl groups is 1. The molecule has 0 fully saturated rings. The molecule has 0 spiro atoms. The first-order valence-electron chi connectivity index (χ1n) is 10.1. The second kappa shape index (κ2) is 8.34. The first kappa shape index (κ1) is 21.6. The highest BCUT2D eigenvalue weighted by Gasteiger charge is 2.27. The molecule has 154 valence electrons. The van der Waals surface area contributed by atoms with Gasteiger partial charge in [0.15, 0.2) is 0 Å².